The molecule has 1 aromatic rings. The van der Waals surface area contributed by atoms with Crippen LogP contribution in [0, 0.1) is 13.8 Å². The second-order valence-electron chi connectivity index (χ2n) is 5.34. The summed E-state index contributed by atoms with van der Waals surface area (Å²) in [6.45, 7) is 4.82. The molecule has 0 aromatic heterocycles. The molecule has 1 fully saturated rings. The predicted octanol–water partition coefficient (Wildman–Crippen LogP) is 1.69. The third kappa shape index (κ3) is 2.82. The van der Waals surface area contributed by atoms with E-state index in [9.17, 15) is 8.42 Å². The summed E-state index contributed by atoms with van der Waals surface area (Å²) in [5.74, 6) is 0. The molecule has 5 nitrogen and oxygen atoms in total. The Bertz CT molecular complexity index is 593. The van der Waals surface area contributed by atoms with Gasteiger partial charge in [0.1, 0.15) is 0 Å². The fourth-order valence-electron chi connectivity index (χ4n) is 2.52. The van der Waals surface area contributed by atoms with Crippen LogP contribution >= 0.6 is 0 Å². The van der Waals surface area contributed by atoms with Gasteiger partial charge in [-0.25, -0.2) is 8.42 Å². The Labute approximate surface area is 120 Å². The van der Waals surface area contributed by atoms with E-state index < -0.39 is 10.0 Å². The third-order valence-electron chi connectivity index (χ3n) is 3.91. The Morgan fingerprint density at radius 3 is 2.45 bits per heavy atom. The van der Waals surface area contributed by atoms with Crippen molar-refractivity contribution in [1.82, 2.24) is 4.31 Å². The number of benzene rings is 1. The summed E-state index contributed by atoms with van der Waals surface area (Å²) in [6, 6.07) is 3.48. The number of ether oxygens (including phenoxy) is 1. The van der Waals surface area contributed by atoms with Gasteiger partial charge in [0.2, 0.25) is 10.0 Å². The fraction of sp³-hybridized carbons (Fsp3) is 0.571. The van der Waals surface area contributed by atoms with Crippen LogP contribution < -0.4 is 5.73 Å². The molecule has 0 radical (unpaired) electrons. The van der Waals surface area contributed by atoms with Gasteiger partial charge in [0.25, 0.3) is 0 Å². The first-order chi connectivity index (χ1) is 9.34. The van der Waals surface area contributed by atoms with Crippen LogP contribution in [0.2, 0.25) is 0 Å². The van der Waals surface area contributed by atoms with Crippen molar-refractivity contribution in [1.29, 1.82) is 0 Å². The molecule has 1 heterocycles. The van der Waals surface area contributed by atoms with E-state index in [2.05, 4.69) is 0 Å². The van der Waals surface area contributed by atoms with E-state index in [-0.39, 0.29) is 6.04 Å². The first kappa shape index (κ1) is 15.3. The maximum Gasteiger partial charge on any atom is 0.243 e. The summed E-state index contributed by atoms with van der Waals surface area (Å²) in [5.41, 5.74) is 7.89. The largest absolute Gasteiger partial charge is 0.398 e. The first-order valence-electron chi connectivity index (χ1n) is 6.76. The molecular formula is C14H22N2O3S. The van der Waals surface area contributed by atoms with E-state index in [1.54, 1.807) is 26.1 Å². The average molecular weight is 298 g/mol. The molecule has 1 aromatic carbocycles. The molecule has 0 saturated carbocycles. The van der Waals surface area contributed by atoms with Gasteiger partial charge >= 0.3 is 0 Å². The van der Waals surface area contributed by atoms with Gasteiger partial charge in [-0.1, -0.05) is 0 Å². The van der Waals surface area contributed by atoms with Gasteiger partial charge in [-0.15, -0.1) is 0 Å². The van der Waals surface area contributed by atoms with E-state index in [0.29, 0.717) is 29.4 Å². The topological polar surface area (TPSA) is 72.6 Å². The minimum atomic E-state index is -3.52. The average Bonchev–Trinajstić information content (AvgIpc) is 2.42. The molecule has 0 atom stereocenters. The van der Waals surface area contributed by atoms with Crippen molar-refractivity contribution in [3.05, 3.63) is 23.3 Å². The predicted molar refractivity (Wildman–Crippen MR) is 79.1 cm³/mol. The molecule has 20 heavy (non-hydrogen) atoms. The Morgan fingerprint density at radius 1 is 1.25 bits per heavy atom. The number of nitrogens with zero attached hydrogens (tertiary/aromatic N) is 1. The molecule has 0 unspecified atom stereocenters. The van der Waals surface area contributed by atoms with Crippen LogP contribution in [-0.2, 0) is 14.8 Å². The van der Waals surface area contributed by atoms with Gasteiger partial charge in [0.15, 0.2) is 0 Å². The lowest BCUT2D eigenvalue weighted by atomic mass is 10.1. The number of sulfonamides is 1. The zero-order valence-electron chi connectivity index (χ0n) is 12.2. The summed E-state index contributed by atoms with van der Waals surface area (Å²) in [7, 11) is -1.87. The summed E-state index contributed by atoms with van der Waals surface area (Å²) in [5, 5.41) is 0. The number of anilines is 1. The van der Waals surface area contributed by atoms with E-state index in [1.807, 2.05) is 6.92 Å². The summed E-state index contributed by atoms with van der Waals surface area (Å²) in [6.07, 6.45) is 1.46. The second kappa shape index (κ2) is 5.71. The zero-order chi connectivity index (χ0) is 14.9. The van der Waals surface area contributed by atoms with E-state index in [0.717, 1.165) is 18.4 Å². The van der Waals surface area contributed by atoms with Crippen LogP contribution in [0.5, 0.6) is 0 Å². The quantitative estimate of drug-likeness (QED) is 0.862. The molecule has 0 aliphatic carbocycles. The SMILES string of the molecule is Cc1cc(N)c(C)c(S(=O)(=O)N(C)C2CCOCC2)c1. The van der Waals surface area contributed by atoms with Crippen LogP contribution in [0.4, 0.5) is 5.69 Å². The third-order valence-corrected chi connectivity index (χ3v) is 5.94. The van der Waals surface area contributed by atoms with Crippen molar-refractivity contribution in [3.8, 4) is 0 Å². The highest BCUT2D eigenvalue weighted by Gasteiger charge is 2.30. The Morgan fingerprint density at radius 2 is 1.85 bits per heavy atom. The molecule has 0 amide bonds. The molecule has 2 rings (SSSR count). The molecule has 2 N–H and O–H groups in total. The number of rotatable bonds is 3. The second-order valence-corrected chi connectivity index (χ2v) is 7.31. The lowest BCUT2D eigenvalue weighted by molar-refractivity contribution is 0.0632. The molecule has 6 heteroatoms. The van der Waals surface area contributed by atoms with Crippen molar-refractivity contribution in [2.45, 2.75) is 37.6 Å². The van der Waals surface area contributed by atoms with Gasteiger partial charge in [-0.3, -0.25) is 0 Å². The van der Waals surface area contributed by atoms with Crippen LogP contribution in [0.25, 0.3) is 0 Å². The van der Waals surface area contributed by atoms with Crippen molar-refractivity contribution < 1.29 is 13.2 Å². The number of hydrogen-bond donors (Lipinski definition) is 1. The number of aryl methyl sites for hydroxylation is 1. The molecular weight excluding hydrogens is 276 g/mol. The van der Waals surface area contributed by atoms with Gasteiger partial charge in [0.05, 0.1) is 4.90 Å². The Hall–Kier alpha value is -1.11. The minimum absolute atomic E-state index is 0.00473. The molecule has 0 spiro atoms. The van der Waals surface area contributed by atoms with Gasteiger partial charge in [0, 0.05) is 32.0 Å². The van der Waals surface area contributed by atoms with Crippen LogP contribution in [0.15, 0.2) is 17.0 Å². The van der Waals surface area contributed by atoms with Gasteiger partial charge in [-0.2, -0.15) is 4.31 Å². The Kier molecular flexibility index (Phi) is 4.36. The van der Waals surface area contributed by atoms with Crippen molar-refractivity contribution in [2.75, 3.05) is 26.0 Å². The molecule has 1 aliphatic heterocycles. The normalized spacial score (nSPS) is 17.6. The van der Waals surface area contributed by atoms with E-state index in [1.165, 1.54) is 4.31 Å². The summed E-state index contributed by atoms with van der Waals surface area (Å²) >= 11 is 0. The summed E-state index contributed by atoms with van der Waals surface area (Å²) < 4.78 is 32.3. The number of hydrogen-bond acceptors (Lipinski definition) is 4. The smallest absolute Gasteiger partial charge is 0.243 e. The Balaban J connectivity index is 2.39. The van der Waals surface area contributed by atoms with E-state index >= 15 is 0 Å². The highest BCUT2D eigenvalue weighted by Crippen LogP contribution is 2.28. The van der Waals surface area contributed by atoms with Gasteiger partial charge < -0.3 is 10.5 Å². The lowest BCUT2D eigenvalue weighted by Crippen LogP contribution is -2.40. The highest BCUT2D eigenvalue weighted by atomic mass is 32.2. The number of nitrogens with two attached hydrogens (primary N) is 1. The van der Waals surface area contributed by atoms with Crippen molar-refractivity contribution in [3.63, 3.8) is 0 Å². The maximum absolute atomic E-state index is 12.8. The van der Waals surface area contributed by atoms with Crippen LogP contribution in [0.3, 0.4) is 0 Å². The monoisotopic (exact) mass is 298 g/mol. The van der Waals surface area contributed by atoms with Crippen molar-refractivity contribution in [2.24, 2.45) is 0 Å². The fourth-order valence-corrected chi connectivity index (χ4v) is 4.27. The molecule has 1 saturated heterocycles. The minimum Gasteiger partial charge on any atom is -0.398 e. The lowest BCUT2D eigenvalue weighted by Gasteiger charge is -2.31. The molecule has 1 aliphatic rings. The van der Waals surface area contributed by atoms with E-state index in [4.69, 9.17) is 10.5 Å². The highest BCUT2D eigenvalue weighted by molar-refractivity contribution is 7.89. The first-order valence-corrected chi connectivity index (χ1v) is 8.20. The standard InChI is InChI=1S/C14H22N2O3S/c1-10-8-13(15)11(2)14(9-10)20(17,18)16(3)12-4-6-19-7-5-12/h8-9,12H,4-7,15H2,1-3H3. The van der Waals surface area contributed by atoms with Crippen molar-refractivity contribution >= 4 is 15.7 Å². The maximum atomic E-state index is 12.8. The molecule has 112 valence electrons. The zero-order valence-corrected chi connectivity index (χ0v) is 13.0. The van der Waals surface area contributed by atoms with Crippen LogP contribution in [0.1, 0.15) is 24.0 Å². The summed E-state index contributed by atoms with van der Waals surface area (Å²) in [4.78, 5) is 0.309. The van der Waals surface area contributed by atoms with Gasteiger partial charge in [-0.05, 0) is 49.9 Å². The molecule has 0 bridgehead atoms. The number of nitrogen functional groups attached to an aromatic ring is 1. The van der Waals surface area contributed by atoms with Crippen LogP contribution in [-0.4, -0.2) is 39.0 Å².